The Kier molecular flexibility index (Phi) is 6.52. The van der Waals surface area contributed by atoms with Crippen molar-refractivity contribution in [2.24, 2.45) is 0 Å². The third kappa shape index (κ3) is 4.40. The zero-order valence-electron chi connectivity index (χ0n) is 21.8. The Morgan fingerprint density at radius 2 is 1.84 bits per heavy atom. The molecule has 3 saturated heterocycles. The average Bonchev–Trinajstić information content (AvgIpc) is 3.68. The van der Waals surface area contributed by atoms with Crippen LogP contribution in [0.4, 0.5) is 11.8 Å². The van der Waals surface area contributed by atoms with Crippen LogP contribution >= 0.6 is 7.82 Å². The van der Waals surface area contributed by atoms with E-state index in [2.05, 4.69) is 29.9 Å². The largest absolute Gasteiger partial charge is 0.472 e. The number of rotatable bonds is 8. The molecule has 0 aromatic carbocycles. The van der Waals surface area contributed by atoms with Gasteiger partial charge < -0.3 is 45.9 Å². The van der Waals surface area contributed by atoms with E-state index in [-0.39, 0.29) is 40.7 Å². The third-order valence-corrected chi connectivity index (χ3v) is 8.59. The van der Waals surface area contributed by atoms with Gasteiger partial charge in [-0.25, -0.2) is 24.5 Å². The lowest BCUT2D eigenvalue weighted by Gasteiger charge is -2.42. The summed E-state index contributed by atoms with van der Waals surface area (Å²) in [6.07, 6.45) is -5.49. The summed E-state index contributed by atoms with van der Waals surface area (Å²) < 4.78 is 43.7. The van der Waals surface area contributed by atoms with Gasteiger partial charge in [0.1, 0.15) is 48.0 Å². The molecule has 0 aliphatic carbocycles. The molecule has 4 aromatic rings. The van der Waals surface area contributed by atoms with Gasteiger partial charge in [0.2, 0.25) is 5.95 Å². The number of imidazole rings is 2. The van der Waals surface area contributed by atoms with Crippen LogP contribution in [0.15, 0.2) is 23.8 Å². The molecule has 9 N–H and O–H groups in total. The van der Waals surface area contributed by atoms with Crippen LogP contribution in [0, 0.1) is 0 Å². The van der Waals surface area contributed by atoms with Crippen molar-refractivity contribution >= 4 is 41.9 Å². The van der Waals surface area contributed by atoms with Gasteiger partial charge in [0.05, 0.1) is 32.5 Å². The number of H-pyrrole nitrogens is 1. The number of nitrogens with zero attached hydrogens (tertiary/aromatic N) is 7. The fraction of sp³-hybridized carbons (Fsp3) is 0.524. The number of nitrogen functional groups attached to an aromatic ring is 2. The number of aromatic amines is 1. The highest BCUT2D eigenvalue weighted by Gasteiger charge is 2.65. The Bertz CT molecular complexity index is 1810. The van der Waals surface area contributed by atoms with Crippen LogP contribution in [-0.4, -0.2) is 115 Å². The number of nitrogens with two attached hydrogens (primary N) is 2. The first-order valence-electron chi connectivity index (χ1n) is 12.7. The maximum absolute atomic E-state index is 13.2. The van der Waals surface area contributed by atoms with Crippen molar-refractivity contribution < 1.29 is 48.0 Å². The molecule has 230 valence electrons. The summed E-state index contributed by atoms with van der Waals surface area (Å²) in [5.74, 6) is -0.114. The highest BCUT2D eigenvalue weighted by Crippen LogP contribution is 2.54. The molecule has 9 atom stereocenters. The second kappa shape index (κ2) is 9.95. The molecule has 7 heterocycles. The summed E-state index contributed by atoms with van der Waals surface area (Å²) in [6.45, 7) is -1.26. The number of phosphoric ester groups is 1. The quantitative estimate of drug-likeness (QED) is 0.0955. The number of aliphatic hydroxyl groups excluding tert-OH is 3. The van der Waals surface area contributed by atoms with Crippen LogP contribution in [0.25, 0.3) is 22.3 Å². The maximum atomic E-state index is 13.2. The lowest BCUT2D eigenvalue weighted by molar-refractivity contribution is -0.245. The first kappa shape index (κ1) is 28.2. The molecule has 0 bridgehead atoms. The normalized spacial score (nSPS) is 33.5. The number of ether oxygens (including phenoxy) is 3. The number of aliphatic hydroxyl groups is 3. The average molecular weight is 624 g/mol. The summed E-state index contributed by atoms with van der Waals surface area (Å²) in [6, 6.07) is 0. The molecule has 21 nitrogen and oxygen atoms in total. The molecular formula is C21H25N10O11P. The summed E-state index contributed by atoms with van der Waals surface area (Å²) in [5, 5.41) is 31.3. The van der Waals surface area contributed by atoms with Crippen molar-refractivity contribution in [3.8, 4) is 0 Å². The first-order chi connectivity index (χ1) is 20.5. The lowest BCUT2D eigenvalue weighted by Crippen LogP contribution is -2.61. The zero-order valence-corrected chi connectivity index (χ0v) is 22.7. The number of fused-ring (bicyclic) bond motifs is 3. The van der Waals surface area contributed by atoms with Gasteiger partial charge in [0, 0.05) is 0 Å². The van der Waals surface area contributed by atoms with Crippen LogP contribution in [0.3, 0.4) is 0 Å². The Labute approximate surface area is 238 Å². The van der Waals surface area contributed by atoms with E-state index in [0.717, 1.165) is 0 Å². The summed E-state index contributed by atoms with van der Waals surface area (Å²) in [7, 11) is -4.97. The Morgan fingerprint density at radius 1 is 1.09 bits per heavy atom. The van der Waals surface area contributed by atoms with E-state index in [4.69, 9.17) is 34.7 Å². The standard InChI is InChI=1S/C21H25N10O11P/c22-14-8-15(25-4-24-14)30(5-26-8)18-11(34)10(33)7(40-18)1-39-43(36,37)42-12-13-21(2-32,3-38-13)41-19(12)31-6-27-9-16(31)28-20(23)29-17(9)35/h4-7,10-13,18-19,32-34H,1-3H2,(H,36,37)(H2,22,24,25)(H3,23,28,29,35)/t7-,10?,11+,12+,13?,18-,19-,21+/m1/s1. The van der Waals surface area contributed by atoms with Crippen LogP contribution in [-0.2, 0) is 27.8 Å². The summed E-state index contributed by atoms with van der Waals surface area (Å²) in [4.78, 5) is 45.4. The predicted octanol–water partition coefficient (Wildman–Crippen LogP) is -3.10. The summed E-state index contributed by atoms with van der Waals surface area (Å²) >= 11 is 0. The van der Waals surface area contributed by atoms with E-state index in [1.165, 1.54) is 28.1 Å². The monoisotopic (exact) mass is 624 g/mol. The van der Waals surface area contributed by atoms with E-state index in [1.807, 2.05) is 0 Å². The van der Waals surface area contributed by atoms with Crippen molar-refractivity contribution in [2.75, 3.05) is 31.3 Å². The van der Waals surface area contributed by atoms with Gasteiger partial charge >= 0.3 is 7.82 Å². The van der Waals surface area contributed by atoms with Gasteiger partial charge in [-0.2, -0.15) is 4.98 Å². The fourth-order valence-electron chi connectivity index (χ4n) is 5.45. The minimum atomic E-state index is -4.97. The van der Waals surface area contributed by atoms with Crippen LogP contribution in [0.2, 0.25) is 0 Å². The van der Waals surface area contributed by atoms with Crippen LogP contribution < -0.4 is 17.0 Å². The number of hydrogen-bond donors (Lipinski definition) is 7. The molecule has 3 aliphatic rings. The number of nitrogens with one attached hydrogen (secondary N) is 1. The Morgan fingerprint density at radius 3 is 2.56 bits per heavy atom. The van der Waals surface area contributed by atoms with Gasteiger partial charge in [0.15, 0.2) is 35.1 Å². The molecule has 3 aliphatic heterocycles. The molecule has 3 unspecified atom stereocenters. The number of hydrogen-bond acceptors (Lipinski definition) is 17. The van der Waals surface area contributed by atoms with E-state index in [1.54, 1.807) is 0 Å². The lowest BCUT2D eigenvalue weighted by atomic mass is 9.91. The fourth-order valence-corrected chi connectivity index (χ4v) is 6.37. The van der Waals surface area contributed by atoms with Crippen molar-refractivity contribution in [3.05, 3.63) is 29.3 Å². The van der Waals surface area contributed by atoms with Crippen molar-refractivity contribution in [1.82, 2.24) is 39.0 Å². The molecule has 7 rings (SSSR count). The number of anilines is 2. The maximum Gasteiger partial charge on any atom is 0.472 e. The second-order valence-electron chi connectivity index (χ2n) is 10.2. The molecule has 0 spiro atoms. The van der Waals surface area contributed by atoms with Gasteiger partial charge in [-0.05, 0) is 0 Å². The van der Waals surface area contributed by atoms with Crippen molar-refractivity contribution in [2.45, 2.75) is 48.6 Å². The van der Waals surface area contributed by atoms with E-state index < -0.39 is 75.2 Å². The van der Waals surface area contributed by atoms with Gasteiger partial charge in [-0.1, -0.05) is 0 Å². The topological polar surface area (TPSA) is 303 Å². The molecule has 43 heavy (non-hydrogen) atoms. The highest BCUT2D eigenvalue weighted by atomic mass is 31.2. The molecular weight excluding hydrogens is 599 g/mol. The Balaban J connectivity index is 1.10. The zero-order chi connectivity index (χ0) is 30.3. The Hall–Kier alpha value is -3.63. The van der Waals surface area contributed by atoms with Gasteiger partial charge in [0.25, 0.3) is 5.56 Å². The highest BCUT2D eigenvalue weighted by molar-refractivity contribution is 7.47. The molecule has 0 radical (unpaired) electrons. The molecule has 4 aromatic heterocycles. The van der Waals surface area contributed by atoms with Crippen molar-refractivity contribution in [3.63, 3.8) is 0 Å². The first-order valence-corrected chi connectivity index (χ1v) is 14.2. The van der Waals surface area contributed by atoms with Crippen molar-refractivity contribution in [1.29, 1.82) is 0 Å². The molecule has 0 amide bonds. The predicted molar refractivity (Wildman–Crippen MR) is 139 cm³/mol. The van der Waals surface area contributed by atoms with Gasteiger partial charge in [-0.3, -0.25) is 28.0 Å². The van der Waals surface area contributed by atoms with E-state index in [0.29, 0.717) is 0 Å². The van der Waals surface area contributed by atoms with E-state index in [9.17, 15) is 29.6 Å². The minimum absolute atomic E-state index is 0.00973. The molecule has 0 saturated carbocycles. The third-order valence-electron chi connectivity index (χ3n) is 7.61. The number of aromatic nitrogens is 8. The number of phosphoric acid groups is 1. The molecule has 22 heteroatoms. The second-order valence-corrected chi connectivity index (χ2v) is 11.6. The van der Waals surface area contributed by atoms with Crippen LogP contribution in [0.1, 0.15) is 12.5 Å². The smallest absolute Gasteiger partial charge is 0.393 e. The summed E-state index contributed by atoms with van der Waals surface area (Å²) in [5.41, 5.74) is 9.96. The molecule has 3 fully saturated rings. The van der Waals surface area contributed by atoms with Gasteiger partial charge in [-0.15, -0.1) is 0 Å². The van der Waals surface area contributed by atoms with E-state index >= 15 is 0 Å². The SMILES string of the molecule is Nc1nc2c(ncn2[C@@H]2O[C@@]3(CO)COC3[C@@H]2OP(=O)(O)OC[C@H]2O[C@@H](n3cnc4c(N)ncnc43)[C@@H](O)C2O)c(=O)[nH]1. The minimum Gasteiger partial charge on any atom is -0.393 e. The van der Waals surface area contributed by atoms with Crippen LogP contribution in [0.5, 0.6) is 0 Å².